The average molecular weight is 337 g/mol. The summed E-state index contributed by atoms with van der Waals surface area (Å²) in [4.78, 5) is 18.2. The van der Waals surface area contributed by atoms with Crippen molar-refractivity contribution in [3.8, 4) is 0 Å². The Morgan fingerprint density at radius 2 is 2.00 bits per heavy atom. The van der Waals surface area contributed by atoms with Gasteiger partial charge in [-0.25, -0.2) is 9.18 Å². The van der Waals surface area contributed by atoms with Crippen molar-refractivity contribution in [1.29, 1.82) is 0 Å². The molecule has 7 heteroatoms. The predicted molar refractivity (Wildman–Crippen MR) is 88.3 cm³/mol. The van der Waals surface area contributed by atoms with Gasteiger partial charge in [-0.2, -0.15) is 4.40 Å². The molecule has 0 aliphatic heterocycles. The van der Waals surface area contributed by atoms with Crippen molar-refractivity contribution < 1.29 is 13.6 Å². The molecule has 1 aromatic carbocycles. The van der Waals surface area contributed by atoms with E-state index in [0.29, 0.717) is 28.5 Å². The number of pyridine rings is 1. The molecular weight excluding hydrogens is 321 g/mol. The van der Waals surface area contributed by atoms with E-state index in [1.54, 1.807) is 42.6 Å². The van der Waals surface area contributed by atoms with Crippen molar-refractivity contribution in [2.24, 2.45) is 5.73 Å². The second-order valence-corrected chi connectivity index (χ2v) is 4.79. The minimum atomic E-state index is -0.133. The largest absolute Gasteiger partial charge is 0.350 e. The van der Waals surface area contributed by atoms with Gasteiger partial charge in [-0.15, -0.1) is 12.4 Å². The molecule has 3 rings (SSSR count). The molecule has 0 aliphatic carbocycles. The van der Waals surface area contributed by atoms with Gasteiger partial charge in [0.25, 0.3) is 0 Å². The molecule has 0 unspecified atom stereocenters. The SMILES string of the molecule is Cl.NC/C(=C\F)COn1c2ccccc2c(=O)[n+]2ccccc12. The Hall–Kier alpha value is -2.44. The van der Waals surface area contributed by atoms with Gasteiger partial charge in [0.05, 0.1) is 12.5 Å². The van der Waals surface area contributed by atoms with Crippen LogP contribution in [-0.4, -0.2) is 17.9 Å². The molecule has 0 amide bonds. The van der Waals surface area contributed by atoms with Crippen LogP contribution in [0.5, 0.6) is 0 Å². The Morgan fingerprint density at radius 1 is 1.26 bits per heavy atom. The Labute approximate surface area is 137 Å². The number of rotatable bonds is 4. The molecule has 23 heavy (non-hydrogen) atoms. The predicted octanol–water partition coefficient (Wildman–Crippen LogP) is 1.40. The van der Waals surface area contributed by atoms with Gasteiger partial charge in [-0.1, -0.05) is 18.2 Å². The lowest BCUT2D eigenvalue weighted by molar-refractivity contribution is -0.532. The van der Waals surface area contributed by atoms with Crippen molar-refractivity contribution in [2.45, 2.75) is 0 Å². The first-order chi connectivity index (χ1) is 10.8. The third-order valence-electron chi connectivity index (χ3n) is 3.41. The lowest BCUT2D eigenvalue weighted by Gasteiger charge is -2.08. The first kappa shape index (κ1) is 16.9. The Morgan fingerprint density at radius 3 is 2.74 bits per heavy atom. The van der Waals surface area contributed by atoms with Crippen LogP contribution < -0.4 is 20.5 Å². The quantitative estimate of drug-likeness (QED) is 0.579. The zero-order valence-corrected chi connectivity index (χ0v) is 13.0. The molecule has 0 spiro atoms. The summed E-state index contributed by atoms with van der Waals surface area (Å²) in [5.74, 6) is 0. The highest BCUT2D eigenvalue weighted by molar-refractivity contribution is 5.85. The summed E-state index contributed by atoms with van der Waals surface area (Å²) in [6.45, 7) is 0.0735. The van der Waals surface area contributed by atoms with E-state index in [0.717, 1.165) is 0 Å². The first-order valence-electron chi connectivity index (χ1n) is 6.82. The van der Waals surface area contributed by atoms with Gasteiger partial charge in [0.1, 0.15) is 5.39 Å². The summed E-state index contributed by atoms with van der Waals surface area (Å²) < 4.78 is 15.7. The van der Waals surface area contributed by atoms with Crippen LogP contribution in [0, 0.1) is 0 Å². The number of hydrogen-bond acceptors (Lipinski definition) is 3. The van der Waals surface area contributed by atoms with Crippen molar-refractivity contribution in [3.63, 3.8) is 0 Å². The third kappa shape index (κ3) is 3.04. The summed E-state index contributed by atoms with van der Waals surface area (Å²) in [5, 5.41) is 0.518. The number of nitrogens with zero attached hydrogens (tertiary/aromatic N) is 2. The highest BCUT2D eigenvalue weighted by Gasteiger charge is 2.18. The van der Waals surface area contributed by atoms with Gasteiger partial charge in [0, 0.05) is 18.2 Å². The molecule has 0 fully saturated rings. The zero-order valence-electron chi connectivity index (χ0n) is 12.2. The number of aromatic nitrogens is 2. The van der Waals surface area contributed by atoms with Crippen molar-refractivity contribution in [3.05, 3.63) is 70.9 Å². The minimum Gasteiger partial charge on any atom is -0.330 e. The van der Waals surface area contributed by atoms with Gasteiger partial charge >= 0.3 is 11.2 Å². The number of para-hydroxylation sites is 1. The molecule has 2 aromatic heterocycles. The molecule has 120 valence electrons. The topological polar surface area (TPSA) is 61.4 Å². The molecule has 2 N–H and O–H groups in total. The maximum atomic E-state index is 12.7. The fourth-order valence-electron chi connectivity index (χ4n) is 2.27. The second kappa shape index (κ2) is 7.21. The molecule has 0 saturated carbocycles. The Bertz CT molecular complexity index is 864. The Kier molecular flexibility index (Phi) is 5.31. The lowest BCUT2D eigenvalue weighted by Crippen LogP contribution is -2.44. The molecular formula is C16H16ClFN3O2+. The van der Waals surface area contributed by atoms with E-state index in [1.165, 1.54) is 9.13 Å². The van der Waals surface area contributed by atoms with Crippen molar-refractivity contribution in [2.75, 3.05) is 13.2 Å². The number of nitrogens with two attached hydrogens (primary N) is 1. The standard InChI is InChI=1S/C16H15FN3O2.ClH/c17-9-12(10-18)11-22-20-14-6-2-1-5-13(14)16(21)19-8-4-3-7-15(19)20;/h1-9H,10-11,18H2;1H/q+1;/b12-9+;. The van der Waals surface area contributed by atoms with E-state index in [9.17, 15) is 9.18 Å². The highest BCUT2D eigenvalue weighted by atomic mass is 35.5. The van der Waals surface area contributed by atoms with Gasteiger partial charge in [-0.05, 0) is 22.9 Å². The number of fused-ring (bicyclic) bond motifs is 2. The van der Waals surface area contributed by atoms with Gasteiger partial charge in [0.15, 0.2) is 12.1 Å². The summed E-state index contributed by atoms with van der Waals surface area (Å²) in [6.07, 6.45) is 2.11. The monoisotopic (exact) mass is 336 g/mol. The molecule has 0 bridgehead atoms. The van der Waals surface area contributed by atoms with E-state index in [-0.39, 0.29) is 31.1 Å². The maximum Gasteiger partial charge on any atom is 0.350 e. The molecule has 0 aliphatic rings. The Balaban J connectivity index is 0.00000192. The van der Waals surface area contributed by atoms with Crippen LogP contribution in [0.25, 0.3) is 16.6 Å². The summed E-state index contributed by atoms with van der Waals surface area (Å²) in [7, 11) is 0. The summed E-state index contributed by atoms with van der Waals surface area (Å²) in [6, 6.07) is 12.4. The molecule has 3 aromatic rings. The molecule has 0 saturated heterocycles. The zero-order chi connectivity index (χ0) is 15.5. The van der Waals surface area contributed by atoms with Crippen LogP contribution in [0.2, 0.25) is 0 Å². The van der Waals surface area contributed by atoms with Crippen molar-refractivity contribution >= 4 is 29.0 Å². The molecule has 0 radical (unpaired) electrons. The first-order valence-corrected chi connectivity index (χ1v) is 6.82. The van der Waals surface area contributed by atoms with E-state index in [2.05, 4.69) is 0 Å². The summed E-state index contributed by atoms with van der Waals surface area (Å²) in [5.41, 5.74) is 6.82. The fourth-order valence-corrected chi connectivity index (χ4v) is 2.27. The lowest BCUT2D eigenvalue weighted by atomic mass is 10.2. The average Bonchev–Trinajstić information content (AvgIpc) is 2.58. The normalized spacial score (nSPS) is 11.5. The summed E-state index contributed by atoms with van der Waals surface area (Å²) >= 11 is 0. The van der Waals surface area contributed by atoms with Crippen LogP contribution in [-0.2, 0) is 0 Å². The second-order valence-electron chi connectivity index (χ2n) is 4.79. The smallest absolute Gasteiger partial charge is 0.330 e. The third-order valence-corrected chi connectivity index (χ3v) is 3.41. The van der Waals surface area contributed by atoms with Crippen LogP contribution in [0.1, 0.15) is 0 Å². The fraction of sp³-hybridized carbons (Fsp3) is 0.125. The van der Waals surface area contributed by atoms with Crippen LogP contribution >= 0.6 is 12.4 Å². The molecule has 5 nitrogen and oxygen atoms in total. The van der Waals surface area contributed by atoms with Gasteiger partial charge in [-0.3, -0.25) is 0 Å². The van der Waals surface area contributed by atoms with Crippen LogP contribution in [0.4, 0.5) is 4.39 Å². The van der Waals surface area contributed by atoms with Crippen molar-refractivity contribution in [1.82, 2.24) is 4.73 Å². The number of hydrogen-bond donors (Lipinski definition) is 1. The van der Waals surface area contributed by atoms with Crippen LogP contribution in [0.15, 0.2) is 65.4 Å². The minimum absolute atomic E-state index is 0. The molecule has 2 heterocycles. The van der Waals surface area contributed by atoms with Gasteiger partial charge < -0.3 is 10.6 Å². The van der Waals surface area contributed by atoms with E-state index in [4.69, 9.17) is 10.6 Å². The molecule has 0 atom stereocenters. The highest BCUT2D eigenvalue weighted by Crippen LogP contribution is 2.10. The maximum absolute atomic E-state index is 12.7. The number of benzene rings is 1. The van der Waals surface area contributed by atoms with E-state index < -0.39 is 0 Å². The van der Waals surface area contributed by atoms with E-state index >= 15 is 0 Å². The van der Waals surface area contributed by atoms with Crippen LogP contribution in [0.3, 0.4) is 0 Å². The van der Waals surface area contributed by atoms with E-state index in [1.807, 2.05) is 6.07 Å². The van der Waals surface area contributed by atoms with Gasteiger partial charge in [0.2, 0.25) is 0 Å². The number of halogens is 2.